The Bertz CT molecular complexity index is 293. The molecule has 0 saturated heterocycles. The SMILES string of the molecule is CCCn1cc(C)nc1N(C)CCNC. The molecule has 0 aromatic carbocycles. The molecular formula is C11H22N4. The average molecular weight is 210 g/mol. The summed E-state index contributed by atoms with van der Waals surface area (Å²) < 4.78 is 2.23. The molecule has 0 atom stereocenters. The zero-order chi connectivity index (χ0) is 11.3. The van der Waals surface area contributed by atoms with Gasteiger partial charge in [0.05, 0.1) is 5.69 Å². The van der Waals surface area contributed by atoms with Crippen LogP contribution in [-0.4, -0.2) is 36.7 Å². The Morgan fingerprint density at radius 1 is 1.53 bits per heavy atom. The summed E-state index contributed by atoms with van der Waals surface area (Å²) in [7, 11) is 4.06. The highest BCUT2D eigenvalue weighted by molar-refractivity contribution is 5.32. The van der Waals surface area contributed by atoms with Gasteiger partial charge in [0.25, 0.3) is 0 Å². The Balaban J connectivity index is 2.72. The van der Waals surface area contributed by atoms with E-state index in [2.05, 4.69) is 39.9 Å². The van der Waals surface area contributed by atoms with Crippen LogP contribution in [0.25, 0.3) is 0 Å². The van der Waals surface area contributed by atoms with Crippen LogP contribution in [0, 0.1) is 6.92 Å². The summed E-state index contributed by atoms with van der Waals surface area (Å²) in [6, 6.07) is 0. The van der Waals surface area contributed by atoms with Crippen LogP contribution in [0.2, 0.25) is 0 Å². The van der Waals surface area contributed by atoms with Crippen molar-refractivity contribution in [1.82, 2.24) is 14.9 Å². The first-order chi connectivity index (χ1) is 7.19. The number of aromatic nitrogens is 2. The Morgan fingerprint density at radius 2 is 2.27 bits per heavy atom. The van der Waals surface area contributed by atoms with Gasteiger partial charge in [-0.15, -0.1) is 0 Å². The van der Waals surface area contributed by atoms with E-state index >= 15 is 0 Å². The van der Waals surface area contributed by atoms with Gasteiger partial charge in [0, 0.05) is 32.9 Å². The van der Waals surface area contributed by atoms with Crippen LogP contribution < -0.4 is 10.2 Å². The fourth-order valence-electron chi connectivity index (χ4n) is 1.62. The zero-order valence-corrected chi connectivity index (χ0v) is 10.2. The normalized spacial score (nSPS) is 10.7. The minimum absolute atomic E-state index is 0.981. The summed E-state index contributed by atoms with van der Waals surface area (Å²) in [5.41, 5.74) is 1.09. The maximum atomic E-state index is 4.54. The van der Waals surface area contributed by atoms with Crippen molar-refractivity contribution in [2.24, 2.45) is 0 Å². The molecular weight excluding hydrogens is 188 g/mol. The molecule has 0 amide bonds. The van der Waals surface area contributed by atoms with E-state index in [1.807, 2.05) is 14.0 Å². The summed E-state index contributed by atoms with van der Waals surface area (Å²) >= 11 is 0. The van der Waals surface area contributed by atoms with Crippen LogP contribution >= 0.6 is 0 Å². The van der Waals surface area contributed by atoms with E-state index in [9.17, 15) is 0 Å². The van der Waals surface area contributed by atoms with Crippen molar-refractivity contribution in [2.45, 2.75) is 26.8 Å². The predicted octanol–water partition coefficient (Wildman–Crippen LogP) is 1.26. The van der Waals surface area contributed by atoms with Gasteiger partial charge in [-0.1, -0.05) is 6.92 Å². The number of aryl methyl sites for hydroxylation is 2. The third kappa shape index (κ3) is 3.23. The molecule has 1 rings (SSSR count). The summed E-state index contributed by atoms with van der Waals surface area (Å²) in [5.74, 6) is 1.07. The van der Waals surface area contributed by atoms with Crippen molar-refractivity contribution in [1.29, 1.82) is 0 Å². The van der Waals surface area contributed by atoms with Crippen molar-refractivity contribution < 1.29 is 0 Å². The number of nitrogens with zero attached hydrogens (tertiary/aromatic N) is 3. The highest BCUT2D eigenvalue weighted by atomic mass is 15.3. The predicted molar refractivity (Wildman–Crippen MR) is 64.5 cm³/mol. The molecule has 0 unspecified atom stereocenters. The van der Waals surface area contributed by atoms with Crippen molar-refractivity contribution >= 4 is 5.95 Å². The summed E-state index contributed by atoms with van der Waals surface area (Å²) in [6.45, 7) is 7.24. The van der Waals surface area contributed by atoms with Crippen LogP contribution in [0.3, 0.4) is 0 Å². The maximum Gasteiger partial charge on any atom is 0.205 e. The van der Waals surface area contributed by atoms with E-state index in [1.165, 1.54) is 0 Å². The van der Waals surface area contributed by atoms with Crippen LogP contribution in [-0.2, 0) is 6.54 Å². The first-order valence-corrected chi connectivity index (χ1v) is 5.58. The molecule has 4 heteroatoms. The van der Waals surface area contributed by atoms with Gasteiger partial charge < -0.3 is 14.8 Å². The number of rotatable bonds is 6. The van der Waals surface area contributed by atoms with Gasteiger partial charge >= 0.3 is 0 Å². The maximum absolute atomic E-state index is 4.54. The molecule has 1 heterocycles. The molecule has 15 heavy (non-hydrogen) atoms. The Labute approximate surface area is 92.3 Å². The molecule has 1 N–H and O–H groups in total. The van der Waals surface area contributed by atoms with Gasteiger partial charge in [0.1, 0.15) is 0 Å². The van der Waals surface area contributed by atoms with Crippen LogP contribution in [0.4, 0.5) is 5.95 Å². The topological polar surface area (TPSA) is 33.1 Å². The molecule has 0 aliphatic carbocycles. The van der Waals surface area contributed by atoms with E-state index in [4.69, 9.17) is 0 Å². The van der Waals surface area contributed by atoms with E-state index in [0.29, 0.717) is 0 Å². The summed E-state index contributed by atoms with van der Waals surface area (Å²) in [4.78, 5) is 6.74. The van der Waals surface area contributed by atoms with E-state index in [-0.39, 0.29) is 0 Å². The summed E-state index contributed by atoms with van der Waals surface area (Å²) in [6.07, 6.45) is 3.26. The van der Waals surface area contributed by atoms with Crippen molar-refractivity contribution in [3.63, 3.8) is 0 Å². The number of likely N-dealkylation sites (N-methyl/N-ethyl adjacent to an activating group) is 2. The summed E-state index contributed by atoms with van der Waals surface area (Å²) in [5, 5.41) is 3.15. The average Bonchev–Trinajstić information content (AvgIpc) is 2.57. The molecule has 4 nitrogen and oxygen atoms in total. The van der Waals surface area contributed by atoms with Gasteiger partial charge in [0.15, 0.2) is 0 Å². The minimum Gasteiger partial charge on any atom is -0.344 e. The lowest BCUT2D eigenvalue weighted by atomic mass is 10.4. The molecule has 0 radical (unpaired) electrons. The first kappa shape index (κ1) is 12.0. The number of anilines is 1. The molecule has 86 valence electrons. The molecule has 0 fully saturated rings. The van der Waals surface area contributed by atoms with E-state index < -0.39 is 0 Å². The third-order valence-electron chi connectivity index (χ3n) is 2.38. The second-order valence-corrected chi connectivity index (χ2v) is 3.90. The lowest BCUT2D eigenvalue weighted by molar-refractivity contribution is 0.655. The molecule has 0 bridgehead atoms. The van der Waals surface area contributed by atoms with Crippen LogP contribution in [0.5, 0.6) is 0 Å². The van der Waals surface area contributed by atoms with E-state index in [0.717, 1.165) is 37.7 Å². The number of nitrogens with one attached hydrogen (secondary N) is 1. The third-order valence-corrected chi connectivity index (χ3v) is 2.38. The van der Waals surface area contributed by atoms with Crippen molar-refractivity contribution in [3.8, 4) is 0 Å². The quantitative estimate of drug-likeness (QED) is 0.767. The van der Waals surface area contributed by atoms with Crippen molar-refractivity contribution in [3.05, 3.63) is 11.9 Å². The van der Waals surface area contributed by atoms with Gasteiger partial charge in [-0.25, -0.2) is 4.98 Å². The molecule has 1 aromatic rings. The number of hydrogen-bond donors (Lipinski definition) is 1. The molecule has 0 spiro atoms. The molecule has 0 aliphatic rings. The number of hydrogen-bond acceptors (Lipinski definition) is 3. The number of imidazole rings is 1. The van der Waals surface area contributed by atoms with Gasteiger partial charge in [-0.05, 0) is 20.4 Å². The largest absolute Gasteiger partial charge is 0.344 e. The lowest BCUT2D eigenvalue weighted by Crippen LogP contribution is -2.29. The lowest BCUT2D eigenvalue weighted by Gasteiger charge is -2.19. The smallest absolute Gasteiger partial charge is 0.205 e. The highest BCUT2D eigenvalue weighted by Gasteiger charge is 2.08. The highest BCUT2D eigenvalue weighted by Crippen LogP contribution is 2.12. The van der Waals surface area contributed by atoms with Gasteiger partial charge in [0.2, 0.25) is 5.95 Å². The molecule has 0 aliphatic heterocycles. The van der Waals surface area contributed by atoms with Gasteiger partial charge in [-0.3, -0.25) is 0 Å². The zero-order valence-electron chi connectivity index (χ0n) is 10.2. The fourth-order valence-corrected chi connectivity index (χ4v) is 1.62. The standard InChI is InChI=1S/C11H22N4/c1-5-7-15-9-10(2)13-11(15)14(4)8-6-12-3/h9,12H,5-8H2,1-4H3. The molecule has 0 saturated carbocycles. The van der Waals surface area contributed by atoms with Gasteiger partial charge in [-0.2, -0.15) is 0 Å². The second-order valence-electron chi connectivity index (χ2n) is 3.90. The van der Waals surface area contributed by atoms with E-state index in [1.54, 1.807) is 0 Å². The van der Waals surface area contributed by atoms with Crippen molar-refractivity contribution in [2.75, 3.05) is 32.1 Å². The Morgan fingerprint density at radius 3 is 2.87 bits per heavy atom. The van der Waals surface area contributed by atoms with Crippen LogP contribution in [0.15, 0.2) is 6.20 Å². The molecule has 1 aromatic heterocycles. The minimum atomic E-state index is 0.981. The Hall–Kier alpha value is -1.03. The van der Waals surface area contributed by atoms with Crippen LogP contribution in [0.1, 0.15) is 19.0 Å². The monoisotopic (exact) mass is 210 g/mol. The fraction of sp³-hybridized carbons (Fsp3) is 0.727. The first-order valence-electron chi connectivity index (χ1n) is 5.58. The second kappa shape index (κ2) is 5.75. The Kier molecular flexibility index (Phi) is 4.62.